The summed E-state index contributed by atoms with van der Waals surface area (Å²) in [6.45, 7) is 5.61. The molecule has 0 aliphatic rings. The van der Waals surface area contributed by atoms with Crippen molar-refractivity contribution in [1.82, 2.24) is 5.32 Å². The van der Waals surface area contributed by atoms with Gasteiger partial charge in [-0.05, 0) is 39.0 Å². The molecule has 1 aromatic rings. The van der Waals surface area contributed by atoms with Crippen LogP contribution in [0.1, 0.15) is 44.0 Å². The molecule has 19 heavy (non-hydrogen) atoms. The average molecular weight is 266 g/mol. The van der Waals surface area contributed by atoms with E-state index in [1.54, 1.807) is 0 Å². The molecule has 4 nitrogen and oxygen atoms in total. The number of rotatable bonds is 4. The number of anilines is 1. The zero-order valence-corrected chi connectivity index (χ0v) is 11.4. The number of nitrogens with one attached hydrogen (secondary N) is 1. The minimum Gasteiger partial charge on any atom is -0.396 e. The van der Waals surface area contributed by atoms with Gasteiger partial charge in [0.25, 0.3) is 0 Å². The zero-order valence-electron chi connectivity index (χ0n) is 11.4. The zero-order chi connectivity index (χ0) is 14.6. The van der Waals surface area contributed by atoms with Crippen LogP contribution in [0.15, 0.2) is 18.2 Å². The molecule has 0 aliphatic carbocycles. The highest BCUT2D eigenvalue weighted by Gasteiger charge is 2.15. The molecule has 3 N–H and O–H groups in total. The van der Waals surface area contributed by atoms with E-state index in [9.17, 15) is 14.0 Å². The molecule has 0 aromatic heterocycles. The van der Waals surface area contributed by atoms with Crippen LogP contribution in [-0.2, 0) is 4.79 Å². The monoisotopic (exact) mass is 266 g/mol. The van der Waals surface area contributed by atoms with E-state index in [0.717, 1.165) is 6.07 Å². The van der Waals surface area contributed by atoms with Crippen molar-refractivity contribution in [2.75, 3.05) is 5.73 Å². The van der Waals surface area contributed by atoms with Crippen LogP contribution in [0, 0.1) is 5.82 Å². The van der Waals surface area contributed by atoms with Crippen LogP contribution in [0.4, 0.5) is 10.1 Å². The molecule has 0 saturated carbocycles. The van der Waals surface area contributed by atoms with E-state index in [1.165, 1.54) is 12.1 Å². The third-order valence-corrected chi connectivity index (χ3v) is 2.41. The predicted octanol–water partition coefficient (Wildman–Crippen LogP) is 2.29. The molecule has 104 valence electrons. The van der Waals surface area contributed by atoms with Gasteiger partial charge in [0.05, 0.1) is 5.69 Å². The largest absolute Gasteiger partial charge is 0.396 e. The standard InChI is InChI=1S/C14H19FN2O2/c1-14(2,3)17-13(19)7-6-12(18)9-4-5-10(15)11(16)8-9/h4-5,8H,6-7,16H2,1-3H3,(H,17,19). The third-order valence-electron chi connectivity index (χ3n) is 2.41. The summed E-state index contributed by atoms with van der Waals surface area (Å²) >= 11 is 0. The first-order valence-electron chi connectivity index (χ1n) is 6.08. The Morgan fingerprint density at radius 2 is 1.89 bits per heavy atom. The number of hydrogen-bond acceptors (Lipinski definition) is 3. The van der Waals surface area contributed by atoms with Gasteiger partial charge in [0.2, 0.25) is 5.91 Å². The number of nitrogen functional groups attached to an aromatic ring is 1. The fourth-order valence-electron chi connectivity index (χ4n) is 1.57. The molecule has 5 heteroatoms. The van der Waals surface area contributed by atoms with E-state index in [4.69, 9.17) is 5.73 Å². The molecule has 0 atom stereocenters. The minimum absolute atomic E-state index is 0.0648. The average Bonchev–Trinajstić information content (AvgIpc) is 2.27. The van der Waals surface area contributed by atoms with E-state index in [-0.39, 0.29) is 35.8 Å². The van der Waals surface area contributed by atoms with Crippen LogP contribution in [0.2, 0.25) is 0 Å². The van der Waals surface area contributed by atoms with Crippen molar-refractivity contribution in [3.05, 3.63) is 29.6 Å². The Labute approximate surface area is 112 Å². The van der Waals surface area contributed by atoms with Gasteiger partial charge in [-0.25, -0.2) is 4.39 Å². The third kappa shape index (κ3) is 5.07. The molecule has 0 spiro atoms. The fraction of sp³-hybridized carbons (Fsp3) is 0.429. The Kier molecular flexibility index (Phi) is 4.64. The maximum atomic E-state index is 13.0. The highest BCUT2D eigenvalue weighted by molar-refractivity contribution is 5.98. The molecule has 0 saturated heterocycles. The molecule has 0 heterocycles. The second-order valence-electron chi connectivity index (χ2n) is 5.46. The second-order valence-corrected chi connectivity index (χ2v) is 5.46. The van der Waals surface area contributed by atoms with Crippen molar-refractivity contribution < 1.29 is 14.0 Å². The first kappa shape index (κ1) is 15.1. The maximum Gasteiger partial charge on any atom is 0.220 e. The second kappa shape index (κ2) is 5.82. The summed E-state index contributed by atoms with van der Waals surface area (Å²) < 4.78 is 13.0. The highest BCUT2D eigenvalue weighted by Crippen LogP contribution is 2.14. The number of carbonyl (C=O) groups is 2. The molecule has 1 rings (SSSR count). The van der Waals surface area contributed by atoms with Crippen LogP contribution in [0.5, 0.6) is 0 Å². The normalized spacial score (nSPS) is 11.2. The van der Waals surface area contributed by atoms with Crippen LogP contribution in [-0.4, -0.2) is 17.2 Å². The molecule has 0 fully saturated rings. The van der Waals surface area contributed by atoms with Crippen molar-refractivity contribution >= 4 is 17.4 Å². The molecule has 0 radical (unpaired) electrons. The summed E-state index contributed by atoms with van der Waals surface area (Å²) in [6.07, 6.45) is 0.181. The van der Waals surface area contributed by atoms with Gasteiger partial charge in [-0.3, -0.25) is 9.59 Å². The Bertz CT molecular complexity index is 493. The molecular formula is C14H19FN2O2. The summed E-state index contributed by atoms with van der Waals surface area (Å²) in [7, 11) is 0. The molecule has 0 bridgehead atoms. The maximum absolute atomic E-state index is 13.0. The Balaban J connectivity index is 2.56. The smallest absolute Gasteiger partial charge is 0.220 e. The van der Waals surface area contributed by atoms with E-state index < -0.39 is 5.82 Å². The van der Waals surface area contributed by atoms with Gasteiger partial charge in [0.15, 0.2) is 5.78 Å². The Morgan fingerprint density at radius 1 is 1.26 bits per heavy atom. The summed E-state index contributed by atoms with van der Waals surface area (Å²) in [6, 6.07) is 3.81. The van der Waals surface area contributed by atoms with E-state index in [2.05, 4.69) is 5.32 Å². The summed E-state index contributed by atoms with van der Waals surface area (Å²) in [5.41, 5.74) is 5.33. The topological polar surface area (TPSA) is 72.2 Å². The fourth-order valence-corrected chi connectivity index (χ4v) is 1.57. The predicted molar refractivity (Wildman–Crippen MR) is 72.3 cm³/mol. The van der Waals surface area contributed by atoms with E-state index in [1.807, 2.05) is 20.8 Å². The SMILES string of the molecule is CC(C)(C)NC(=O)CCC(=O)c1ccc(F)c(N)c1. The van der Waals surface area contributed by atoms with Gasteiger partial charge < -0.3 is 11.1 Å². The number of nitrogens with two attached hydrogens (primary N) is 1. The molecule has 1 amide bonds. The lowest BCUT2D eigenvalue weighted by Crippen LogP contribution is -2.40. The first-order valence-corrected chi connectivity index (χ1v) is 6.08. The van der Waals surface area contributed by atoms with Crippen molar-refractivity contribution in [3.63, 3.8) is 0 Å². The number of ketones is 1. The van der Waals surface area contributed by atoms with E-state index >= 15 is 0 Å². The van der Waals surface area contributed by atoms with Crippen LogP contribution in [0.25, 0.3) is 0 Å². The van der Waals surface area contributed by atoms with Gasteiger partial charge in [-0.2, -0.15) is 0 Å². The molecular weight excluding hydrogens is 247 g/mol. The number of benzene rings is 1. The van der Waals surface area contributed by atoms with Crippen LogP contribution in [0.3, 0.4) is 0 Å². The quantitative estimate of drug-likeness (QED) is 0.648. The van der Waals surface area contributed by atoms with Crippen molar-refractivity contribution in [1.29, 1.82) is 0 Å². The minimum atomic E-state index is -0.554. The summed E-state index contributed by atoms with van der Waals surface area (Å²) in [5, 5.41) is 2.77. The molecule has 0 unspecified atom stereocenters. The highest BCUT2D eigenvalue weighted by atomic mass is 19.1. The number of amides is 1. The first-order chi connectivity index (χ1) is 8.69. The van der Waals surface area contributed by atoms with Crippen molar-refractivity contribution in [2.24, 2.45) is 0 Å². The lowest BCUT2D eigenvalue weighted by Gasteiger charge is -2.20. The lowest BCUT2D eigenvalue weighted by molar-refractivity contribution is -0.122. The molecule has 1 aromatic carbocycles. The van der Waals surface area contributed by atoms with Gasteiger partial charge in [-0.1, -0.05) is 0 Å². The van der Waals surface area contributed by atoms with Crippen molar-refractivity contribution in [2.45, 2.75) is 39.2 Å². The number of carbonyl (C=O) groups excluding carboxylic acids is 2. The van der Waals surface area contributed by atoms with Gasteiger partial charge in [-0.15, -0.1) is 0 Å². The number of Topliss-reactive ketones (excluding diaryl/α,β-unsaturated/α-hetero) is 1. The summed E-state index contributed by atoms with van der Waals surface area (Å²) in [4.78, 5) is 23.4. The lowest BCUT2D eigenvalue weighted by atomic mass is 10.0. The van der Waals surface area contributed by atoms with Crippen LogP contribution < -0.4 is 11.1 Å². The van der Waals surface area contributed by atoms with Crippen LogP contribution >= 0.6 is 0 Å². The molecule has 0 aliphatic heterocycles. The number of halogens is 1. The van der Waals surface area contributed by atoms with E-state index in [0.29, 0.717) is 5.56 Å². The number of hydrogen-bond donors (Lipinski definition) is 2. The Hall–Kier alpha value is -1.91. The van der Waals surface area contributed by atoms with Gasteiger partial charge in [0, 0.05) is 23.9 Å². The Morgan fingerprint density at radius 3 is 2.42 bits per heavy atom. The van der Waals surface area contributed by atoms with Gasteiger partial charge >= 0.3 is 0 Å². The van der Waals surface area contributed by atoms with Crippen molar-refractivity contribution in [3.8, 4) is 0 Å². The van der Waals surface area contributed by atoms with Gasteiger partial charge in [0.1, 0.15) is 5.82 Å². The summed E-state index contributed by atoms with van der Waals surface area (Å²) in [5.74, 6) is -0.964.